The smallest absolute Gasteiger partial charge is 0.330 e. The van der Waals surface area contributed by atoms with Gasteiger partial charge in [0.2, 0.25) is 0 Å². The number of hydrogen-bond donors (Lipinski definition) is 0. The maximum atomic E-state index is 10.9. The molecule has 0 N–H and O–H groups in total. The van der Waals surface area contributed by atoms with Gasteiger partial charge in [0.1, 0.15) is 0 Å². The Kier molecular flexibility index (Phi) is 6.78. The summed E-state index contributed by atoms with van der Waals surface area (Å²) in [5.74, 6) is 0.681. The molecule has 0 unspecified atom stereocenters. The zero-order chi connectivity index (χ0) is 15.6. The van der Waals surface area contributed by atoms with Crippen molar-refractivity contribution < 1.29 is 9.53 Å². The van der Waals surface area contributed by atoms with Crippen LogP contribution in [-0.2, 0) is 9.53 Å². The topological polar surface area (TPSA) is 26.3 Å². The summed E-state index contributed by atoms with van der Waals surface area (Å²) in [5.41, 5.74) is 2.48. The fourth-order valence-corrected chi connectivity index (χ4v) is 2.91. The summed E-state index contributed by atoms with van der Waals surface area (Å²) in [5, 5.41) is 0. The van der Waals surface area contributed by atoms with E-state index >= 15 is 0 Å². The van der Waals surface area contributed by atoms with Crippen LogP contribution in [0.4, 0.5) is 0 Å². The van der Waals surface area contributed by atoms with E-state index in [9.17, 15) is 4.79 Å². The molecule has 0 aliphatic heterocycles. The van der Waals surface area contributed by atoms with E-state index in [1.54, 1.807) is 0 Å². The van der Waals surface area contributed by atoms with Crippen LogP contribution in [-0.4, -0.2) is 18.3 Å². The van der Waals surface area contributed by atoms with E-state index in [-0.39, 0.29) is 5.97 Å². The molecule has 0 fully saturated rings. The highest BCUT2D eigenvalue weighted by atomic mass is 32.2. The Labute approximate surface area is 136 Å². The molecule has 0 heterocycles. The summed E-state index contributed by atoms with van der Waals surface area (Å²) in [4.78, 5) is 12.1. The summed E-state index contributed by atoms with van der Waals surface area (Å²) in [6, 6.07) is 19.0. The van der Waals surface area contributed by atoms with Crippen LogP contribution in [0.5, 0.6) is 0 Å². The van der Waals surface area contributed by atoms with Gasteiger partial charge in [0.25, 0.3) is 0 Å². The maximum absolute atomic E-state index is 10.9. The van der Waals surface area contributed by atoms with Crippen LogP contribution < -0.4 is 0 Å². The van der Waals surface area contributed by atoms with Crippen molar-refractivity contribution in [3.8, 4) is 11.1 Å². The lowest BCUT2D eigenvalue weighted by Gasteiger charge is -2.05. The van der Waals surface area contributed by atoms with Crippen LogP contribution in [0, 0.1) is 0 Å². The maximum Gasteiger partial charge on any atom is 0.330 e. The third-order valence-electron chi connectivity index (χ3n) is 3.18. The van der Waals surface area contributed by atoms with Gasteiger partial charge in [-0.05, 0) is 41.9 Å². The lowest BCUT2D eigenvalue weighted by atomic mass is 10.1. The third kappa shape index (κ3) is 5.41. The molecule has 0 saturated heterocycles. The SMILES string of the molecule is C=CC(=O)OCCCCSc1ccc(-c2ccccc2)cc1. The van der Waals surface area contributed by atoms with E-state index in [4.69, 9.17) is 4.74 Å². The highest BCUT2D eigenvalue weighted by molar-refractivity contribution is 7.99. The number of unbranched alkanes of at least 4 members (excludes halogenated alkanes) is 1. The Hall–Kier alpha value is -2.00. The molecule has 0 amide bonds. The summed E-state index contributed by atoms with van der Waals surface area (Å²) >= 11 is 1.83. The van der Waals surface area contributed by atoms with Gasteiger partial charge < -0.3 is 4.74 Å². The fraction of sp³-hybridized carbons (Fsp3) is 0.211. The molecule has 0 atom stereocenters. The molecule has 3 heteroatoms. The zero-order valence-corrected chi connectivity index (χ0v) is 13.4. The molecule has 0 radical (unpaired) electrons. The van der Waals surface area contributed by atoms with Gasteiger partial charge in [0.15, 0.2) is 0 Å². The molecule has 0 bridgehead atoms. The molecule has 0 aliphatic rings. The van der Waals surface area contributed by atoms with Gasteiger partial charge in [-0.25, -0.2) is 4.79 Å². The highest BCUT2D eigenvalue weighted by Gasteiger charge is 1.99. The van der Waals surface area contributed by atoms with E-state index in [1.807, 2.05) is 17.8 Å². The van der Waals surface area contributed by atoms with Gasteiger partial charge in [0.05, 0.1) is 6.61 Å². The molecule has 2 rings (SSSR count). The van der Waals surface area contributed by atoms with Gasteiger partial charge in [0, 0.05) is 11.0 Å². The minimum Gasteiger partial charge on any atom is -0.463 e. The number of benzene rings is 2. The first-order valence-corrected chi connectivity index (χ1v) is 8.35. The van der Waals surface area contributed by atoms with E-state index < -0.39 is 0 Å². The fourth-order valence-electron chi connectivity index (χ4n) is 2.00. The van der Waals surface area contributed by atoms with E-state index in [2.05, 4.69) is 55.1 Å². The van der Waals surface area contributed by atoms with E-state index in [1.165, 1.54) is 22.1 Å². The molecular formula is C19H20O2S. The summed E-state index contributed by atoms with van der Waals surface area (Å²) in [6.45, 7) is 3.84. The van der Waals surface area contributed by atoms with Gasteiger partial charge in [-0.2, -0.15) is 0 Å². The van der Waals surface area contributed by atoms with Crippen molar-refractivity contribution in [2.24, 2.45) is 0 Å². The van der Waals surface area contributed by atoms with Gasteiger partial charge >= 0.3 is 5.97 Å². The molecule has 2 nitrogen and oxygen atoms in total. The summed E-state index contributed by atoms with van der Waals surface area (Å²) in [7, 11) is 0. The van der Waals surface area contributed by atoms with Crippen LogP contribution in [0.15, 0.2) is 72.1 Å². The normalized spacial score (nSPS) is 10.2. The van der Waals surface area contributed by atoms with Crippen LogP contribution in [0.3, 0.4) is 0 Å². The van der Waals surface area contributed by atoms with Crippen molar-refractivity contribution in [3.63, 3.8) is 0 Å². The van der Waals surface area contributed by atoms with Crippen molar-refractivity contribution in [1.29, 1.82) is 0 Å². The largest absolute Gasteiger partial charge is 0.463 e. The molecular weight excluding hydrogens is 292 g/mol. The molecule has 0 aromatic heterocycles. The van der Waals surface area contributed by atoms with Crippen molar-refractivity contribution in [3.05, 3.63) is 67.3 Å². The Morgan fingerprint density at radius 1 is 1.00 bits per heavy atom. The molecule has 2 aromatic carbocycles. The average molecular weight is 312 g/mol. The third-order valence-corrected chi connectivity index (χ3v) is 4.28. The van der Waals surface area contributed by atoms with Crippen LogP contribution in [0.2, 0.25) is 0 Å². The zero-order valence-electron chi connectivity index (χ0n) is 12.5. The van der Waals surface area contributed by atoms with Crippen molar-refractivity contribution in [2.75, 3.05) is 12.4 Å². The minimum atomic E-state index is -0.343. The van der Waals surface area contributed by atoms with Gasteiger partial charge in [-0.1, -0.05) is 49.0 Å². The molecule has 0 saturated carbocycles. The number of rotatable bonds is 8. The number of hydrogen-bond acceptors (Lipinski definition) is 3. The van der Waals surface area contributed by atoms with Crippen LogP contribution in [0.1, 0.15) is 12.8 Å². The number of carbonyl (C=O) groups is 1. The van der Waals surface area contributed by atoms with Crippen molar-refractivity contribution in [2.45, 2.75) is 17.7 Å². The number of esters is 1. The Morgan fingerprint density at radius 3 is 2.36 bits per heavy atom. The molecule has 0 spiro atoms. The molecule has 0 aliphatic carbocycles. The van der Waals surface area contributed by atoms with Crippen LogP contribution >= 0.6 is 11.8 Å². The standard InChI is InChI=1S/C19H20O2S/c1-2-19(20)21-14-6-7-15-22-18-12-10-17(11-13-18)16-8-4-3-5-9-16/h2-5,8-13H,1,6-7,14-15H2. The second kappa shape index (κ2) is 9.11. The predicted molar refractivity (Wildman–Crippen MR) is 93.0 cm³/mol. The monoisotopic (exact) mass is 312 g/mol. The lowest BCUT2D eigenvalue weighted by molar-refractivity contribution is -0.137. The van der Waals surface area contributed by atoms with Crippen LogP contribution in [0.25, 0.3) is 11.1 Å². The summed E-state index contributed by atoms with van der Waals surface area (Å²) in [6.07, 6.45) is 3.10. The summed E-state index contributed by atoms with van der Waals surface area (Å²) < 4.78 is 4.94. The Morgan fingerprint density at radius 2 is 1.68 bits per heavy atom. The number of thioether (sulfide) groups is 1. The second-order valence-corrected chi connectivity index (χ2v) is 5.99. The van der Waals surface area contributed by atoms with E-state index in [0.29, 0.717) is 6.61 Å². The van der Waals surface area contributed by atoms with Gasteiger partial charge in [-0.3, -0.25) is 0 Å². The lowest BCUT2D eigenvalue weighted by Crippen LogP contribution is -2.01. The number of ether oxygens (including phenoxy) is 1. The first kappa shape index (κ1) is 16.4. The Balaban J connectivity index is 1.71. The first-order valence-electron chi connectivity index (χ1n) is 7.37. The van der Waals surface area contributed by atoms with Crippen molar-refractivity contribution >= 4 is 17.7 Å². The Bertz CT molecular complexity index is 591. The second-order valence-electron chi connectivity index (χ2n) is 4.82. The first-order chi connectivity index (χ1) is 10.8. The molecule has 2 aromatic rings. The highest BCUT2D eigenvalue weighted by Crippen LogP contribution is 2.24. The van der Waals surface area contributed by atoms with E-state index in [0.717, 1.165) is 18.6 Å². The minimum absolute atomic E-state index is 0.343. The predicted octanol–water partition coefficient (Wildman–Crippen LogP) is 4.96. The average Bonchev–Trinajstić information content (AvgIpc) is 2.59. The van der Waals surface area contributed by atoms with Crippen molar-refractivity contribution in [1.82, 2.24) is 0 Å². The molecule has 114 valence electrons. The quantitative estimate of drug-likeness (QED) is 0.298. The van der Waals surface area contributed by atoms with Gasteiger partial charge in [-0.15, -0.1) is 11.8 Å². The number of carbonyl (C=O) groups excluding carboxylic acids is 1. The molecule has 22 heavy (non-hydrogen) atoms.